The van der Waals surface area contributed by atoms with Crippen molar-refractivity contribution in [2.24, 2.45) is 5.92 Å². The molecule has 32 heavy (non-hydrogen) atoms. The van der Waals surface area contributed by atoms with E-state index in [1.807, 2.05) is 0 Å². The Balaban J connectivity index is -0.000000425. The standard InChI is InChI=1S/C12H22O2.C10H20O2.C4H6O2/c1-3-5-6-7-8-9-10-11(4-2)12(13)14;1-2-3-4-5-6-7-8-9-10(11)12;1-3-6-4(2)5/h4,11H,2-3,5-10H2,1H3,(H,13,14);2-9H2,1H3,(H,11,12);3H,1H2,2H3. The van der Waals surface area contributed by atoms with E-state index >= 15 is 0 Å². The molecule has 0 saturated heterocycles. The van der Waals surface area contributed by atoms with E-state index in [2.05, 4.69) is 31.7 Å². The molecule has 2 N–H and O–H groups in total. The zero-order chi connectivity index (χ0) is 25.0. The molecule has 0 spiro atoms. The van der Waals surface area contributed by atoms with Crippen LogP contribution in [0.5, 0.6) is 0 Å². The number of carbonyl (C=O) groups excluding carboxylic acids is 1. The van der Waals surface area contributed by atoms with Gasteiger partial charge in [-0.1, -0.05) is 104 Å². The fourth-order valence-electron chi connectivity index (χ4n) is 2.84. The first-order valence-corrected chi connectivity index (χ1v) is 12.1. The van der Waals surface area contributed by atoms with Crippen molar-refractivity contribution in [2.45, 2.75) is 117 Å². The molecule has 0 amide bonds. The average molecular weight is 457 g/mol. The van der Waals surface area contributed by atoms with Crippen molar-refractivity contribution in [1.82, 2.24) is 0 Å². The second-order valence-corrected chi connectivity index (χ2v) is 7.78. The van der Waals surface area contributed by atoms with Gasteiger partial charge in [0, 0.05) is 13.3 Å². The molecule has 0 heterocycles. The minimum atomic E-state index is -0.742. The minimum absolute atomic E-state index is 0.329. The topological polar surface area (TPSA) is 101 Å². The number of esters is 1. The summed E-state index contributed by atoms with van der Waals surface area (Å²) in [6.45, 7) is 12.4. The number of carbonyl (C=O) groups is 3. The molecular formula is C26H48O6. The quantitative estimate of drug-likeness (QED) is 0.0956. The van der Waals surface area contributed by atoms with E-state index < -0.39 is 11.9 Å². The Morgan fingerprint density at radius 1 is 0.781 bits per heavy atom. The van der Waals surface area contributed by atoms with Gasteiger partial charge < -0.3 is 14.9 Å². The van der Waals surface area contributed by atoms with Gasteiger partial charge in [0.25, 0.3) is 0 Å². The second kappa shape index (κ2) is 28.9. The number of ether oxygens (including phenoxy) is 1. The van der Waals surface area contributed by atoms with Crippen LogP contribution in [0.1, 0.15) is 117 Å². The van der Waals surface area contributed by atoms with Crippen LogP contribution in [0.4, 0.5) is 0 Å². The van der Waals surface area contributed by atoms with Gasteiger partial charge in [-0.15, -0.1) is 6.58 Å². The second-order valence-electron chi connectivity index (χ2n) is 7.78. The lowest BCUT2D eigenvalue weighted by molar-refractivity contribution is -0.140. The molecule has 0 saturated carbocycles. The van der Waals surface area contributed by atoms with Gasteiger partial charge in [0.05, 0.1) is 12.2 Å². The SMILES string of the molecule is C=CC(CCCCCCCC)C(=O)O.C=COC(C)=O.CCCCCCCCCC(=O)O. The molecule has 6 heteroatoms. The Kier molecular flexibility index (Phi) is 31.1. The summed E-state index contributed by atoms with van der Waals surface area (Å²) in [5.74, 6) is -2.08. The monoisotopic (exact) mass is 456 g/mol. The zero-order valence-corrected chi connectivity index (χ0v) is 20.8. The van der Waals surface area contributed by atoms with E-state index in [9.17, 15) is 14.4 Å². The predicted molar refractivity (Wildman–Crippen MR) is 132 cm³/mol. The van der Waals surface area contributed by atoms with Gasteiger partial charge in [-0.3, -0.25) is 14.4 Å². The van der Waals surface area contributed by atoms with Gasteiger partial charge in [0.2, 0.25) is 0 Å². The van der Waals surface area contributed by atoms with E-state index in [1.54, 1.807) is 0 Å². The van der Waals surface area contributed by atoms with Gasteiger partial charge in [-0.25, -0.2) is 0 Å². The Labute approximate surface area is 196 Å². The van der Waals surface area contributed by atoms with E-state index in [0.717, 1.165) is 38.4 Å². The minimum Gasteiger partial charge on any atom is -0.481 e. The molecule has 0 bridgehead atoms. The smallest absolute Gasteiger partial charge is 0.310 e. The van der Waals surface area contributed by atoms with Crippen LogP contribution in [0.3, 0.4) is 0 Å². The first kappa shape index (κ1) is 34.5. The Morgan fingerprint density at radius 2 is 1.22 bits per heavy atom. The number of carboxylic acid groups (broad SMARTS) is 2. The summed E-state index contributed by atoms with van der Waals surface area (Å²) in [5.41, 5.74) is 0. The van der Waals surface area contributed by atoms with Crippen molar-refractivity contribution in [3.05, 3.63) is 25.5 Å². The molecule has 0 aromatic rings. The molecule has 0 aliphatic carbocycles. The Morgan fingerprint density at radius 3 is 1.53 bits per heavy atom. The third-order valence-corrected chi connectivity index (χ3v) is 4.71. The lowest BCUT2D eigenvalue weighted by atomic mass is 10.0. The van der Waals surface area contributed by atoms with Crippen LogP contribution < -0.4 is 0 Å². The van der Waals surface area contributed by atoms with Gasteiger partial charge in [-0.05, 0) is 12.8 Å². The molecular weight excluding hydrogens is 408 g/mol. The summed E-state index contributed by atoms with van der Waals surface area (Å²) in [5, 5.41) is 17.1. The van der Waals surface area contributed by atoms with Crippen molar-refractivity contribution in [2.75, 3.05) is 0 Å². The van der Waals surface area contributed by atoms with Crippen molar-refractivity contribution in [1.29, 1.82) is 0 Å². The maximum Gasteiger partial charge on any atom is 0.310 e. The molecule has 1 atom stereocenters. The largest absolute Gasteiger partial charge is 0.481 e. The van der Waals surface area contributed by atoms with Gasteiger partial charge >= 0.3 is 17.9 Å². The summed E-state index contributed by atoms with van der Waals surface area (Å²) in [6, 6.07) is 0. The average Bonchev–Trinajstić information content (AvgIpc) is 2.73. The Bertz CT molecular complexity index is 473. The van der Waals surface area contributed by atoms with Crippen molar-refractivity contribution in [3.63, 3.8) is 0 Å². The van der Waals surface area contributed by atoms with Crippen LogP contribution in [-0.4, -0.2) is 28.1 Å². The highest BCUT2D eigenvalue weighted by molar-refractivity contribution is 5.71. The van der Waals surface area contributed by atoms with E-state index in [1.165, 1.54) is 70.8 Å². The highest BCUT2D eigenvalue weighted by Gasteiger charge is 2.11. The maximum atomic E-state index is 10.6. The molecule has 0 aliphatic rings. The molecule has 0 radical (unpaired) electrons. The highest BCUT2D eigenvalue weighted by Crippen LogP contribution is 2.13. The molecule has 6 nitrogen and oxygen atoms in total. The first-order valence-electron chi connectivity index (χ1n) is 12.1. The number of rotatable bonds is 18. The number of aliphatic carboxylic acids is 2. The zero-order valence-electron chi connectivity index (χ0n) is 20.8. The number of hydrogen-bond donors (Lipinski definition) is 2. The molecule has 0 fully saturated rings. The van der Waals surface area contributed by atoms with Crippen LogP contribution in [0.15, 0.2) is 25.5 Å². The summed E-state index contributed by atoms with van der Waals surface area (Å²) < 4.78 is 4.17. The summed E-state index contributed by atoms with van der Waals surface area (Å²) >= 11 is 0. The van der Waals surface area contributed by atoms with E-state index in [4.69, 9.17) is 10.2 Å². The van der Waals surface area contributed by atoms with Crippen molar-refractivity contribution < 1.29 is 29.3 Å². The fourth-order valence-corrected chi connectivity index (χ4v) is 2.84. The Hall–Kier alpha value is -2.11. The lowest BCUT2D eigenvalue weighted by Crippen LogP contribution is -2.10. The molecule has 1 unspecified atom stereocenters. The van der Waals surface area contributed by atoms with Crippen LogP contribution in [-0.2, 0) is 19.1 Å². The van der Waals surface area contributed by atoms with Crippen molar-refractivity contribution >= 4 is 17.9 Å². The number of hydrogen-bond acceptors (Lipinski definition) is 4. The maximum absolute atomic E-state index is 10.6. The fraction of sp³-hybridized carbons (Fsp3) is 0.731. The normalized spacial score (nSPS) is 10.5. The van der Waals surface area contributed by atoms with Gasteiger partial charge in [-0.2, -0.15) is 0 Å². The van der Waals surface area contributed by atoms with Gasteiger partial charge in [0.1, 0.15) is 0 Å². The molecule has 188 valence electrons. The highest BCUT2D eigenvalue weighted by atomic mass is 16.5. The molecule has 0 rings (SSSR count). The number of carboxylic acids is 2. The molecule has 0 aromatic carbocycles. The third kappa shape index (κ3) is 35.3. The van der Waals surface area contributed by atoms with E-state index in [0.29, 0.717) is 6.42 Å². The van der Waals surface area contributed by atoms with Crippen LogP contribution in [0.25, 0.3) is 0 Å². The van der Waals surface area contributed by atoms with Crippen LogP contribution in [0, 0.1) is 5.92 Å². The molecule has 0 aliphatic heterocycles. The third-order valence-electron chi connectivity index (χ3n) is 4.71. The molecule has 0 aromatic heterocycles. The summed E-state index contributed by atoms with van der Waals surface area (Å²) in [4.78, 5) is 30.5. The summed E-state index contributed by atoms with van der Waals surface area (Å²) in [7, 11) is 0. The van der Waals surface area contributed by atoms with E-state index in [-0.39, 0.29) is 11.9 Å². The number of unbranched alkanes of at least 4 members (excludes halogenated alkanes) is 11. The van der Waals surface area contributed by atoms with Crippen molar-refractivity contribution in [3.8, 4) is 0 Å². The van der Waals surface area contributed by atoms with Crippen LogP contribution >= 0.6 is 0 Å². The predicted octanol–water partition coefficient (Wildman–Crippen LogP) is 7.53. The van der Waals surface area contributed by atoms with Crippen LogP contribution in [0.2, 0.25) is 0 Å². The van der Waals surface area contributed by atoms with Gasteiger partial charge in [0.15, 0.2) is 0 Å². The summed E-state index contributed by atoms with van der Waals surface area (Å²) in [6.07, 6.45) is 19.2. The first-order chi connectivity index (χ1) is 15.3. The lowest BCUT2D eigenvalue weighted by Gasteiger charge is -2.06.